The smallest absolute Gasteiger partial charge is 0.131 e. The van der Waals surface area contributed by atoms with Crippen molar-refractivity contribution in [2.75, 3.05) is 12.3 Å². The molecule has 3 N–H and O–H groups in total. The second kappa shape index (κ2) is 4.67. The lowest BCUT2D eigenvalue weighted by molar-refractivity contribution is -0.0531. The van der Waals surface area contributed by atoms with Crippen LogP contribution in [0.1, 0.15) is 55.6 Å². The van der Waals surface area contributed by atoms with E-state index in [1.54, 1.807) is 0 Å². The van der Waals surface area contributed by atoms with Crippen molar-refractivity contribution >= 4 is 5.82 Å². The number of hydrogen-bond acceptors (Lipinski definition) is 4. The first-order valence-corrected chi connectivity index (χ1v) is 9.04. The fraction of sp³-hybridized carbons (Fsp3) is 0.778. The molecular formula is C18H26N4. The highest BCUT2D eigenvalue weighted by atomic mass is 15.0. The van der Waals surface area contributed by atoms with Gasteiger partial charge in [-0.05, 0) is 74.7 Å². The Labute approximate surface area is 132 Å². The number of nitrogens with one attached hydrogen (secondary N) is 1. The third-order valence-electron chi connectivity index (χ3n) is 6.71. The van der Waals surface area contributed by atoms with Crippen molar-refractivity contribution in [1.82, 2.24) is 15.3 Å². The molecule has 4 nitrogen and oxygen atoms in total. The highest BCUT2D eigenvalue weighted by Crippen LogP contribution is 2.60. The SMILES string of the molecule is Nc1nc(CC23CC4CC(CC(C4)C2)C3)nc2c1CCNC2. The first-order chi connectivity index (χ1) is 10.7. The van der Waals surface area contributed by atoms with E-state index in [0.717, 1.165) is 61.0 Å². The molecule has 0 radical (unpaired) electrons. The van der Waals surface area contributed by atoms with Crippen LogP contribution in [0.3, 0.4) is 0 Å². The van der Waals surface area contributed by atoms with Crippen molar-refractivity contribution < 1.29 is 0 Å². The number of anilines is 1. The molecular weight excluding hydrogens is 272 g/mol. The number of nitrogen functional groups attached to an aromatic ring is 1. The van der Waals surface area contributed by atoms with Crippen molar-refractivity contribution in [2.24, 2.45) is 23.2 Å². The summed E-state index contributed by atoms with van der Waals surface area (Å²) >= 11 is 0. The van der Waals surface area contributed by atoms with E-state index in [9.17, 15) is 0 Å². The highest BCUT2D eigenvalue weighted by Gasteiger charge is 2.51. The normalized spacial score (nSPS) is 39.0. The topological polar surface area (TPSA) is 63.8 Å². The van der Waals surface area contributed by atoms with Gasteiger partial charge in [0.2, 0.25) is 0 Å². The van der Waals surface area contributed by atoms with Gasteiger partial charge in [-0.25, -0.2) is 9.97 Å². The Balaban J connectivity index is 1.45. The molecule has 1 aliphatic heterocycles. The Bertz CT molecular complexity index is 574. The molecule has 4 saturated carbocycles. The Hall–Kier alpha value is -1.16. The Morgan fingerprint density at radius 1 is 1.05 bits per heavy atom. The van der Waals surface area contributed by atoms with Crippen molar-refractivity contribution in [3.8, 4) is 0 Å². The fourth-order valence-electron chi connectivity index (χ4n) is 6.36. The molecule has 6 rings (SSSR count). The molecule has 5 aliphatic rings. The van der Waals surface area contributed by atoms with E-state index in [4.69, 9.17) is 15.7 Å². The van der Waals surface area contributed by atoms with E-state index < -0.39 is 0 Å². The summed E-state index contributed by atoms with van der Waals surface area (Å²) in [5, 5.41) is 3.41. The van der Waals surface area contributed by atoms with E-state index in [0.29, 0.717) is 5.41 Å². The standard InChI is InChI=1S/C18H26N4/c19-17-14-1-2-20-10-15(14)21-16(22-17)9-18-6-11-3-12(7-18)5-13(4-11)8-18/h11-13,20H,1-10H2,(H2,19,21,22). The predicted molar refractivity (Wildman–Crippen MR) is 86.2 cm³/mol. The molecule has 4 bridgehead atoms. The summed E-state index contributed by atoms with van der Waals surface area (Å²) in [6, 6.07) is 0. The summed E-state index contributed by atoms with van der Waals surface area (Å²) in [6.45, 7) is 1.85. The molecule has 4 aliphatic carbocycles. The lowest BCUT2D eigenvalue weighted by atomic mass is 9.49. The van der Waals surface area contributed by atoms with Gasteiger partial charge in [-0.3, -0.25) is 0 Å². The zero-order valence-corrected chi connectivity index (χ0v) is 13.3. The van der Waals surface area contributed by atoms with Crippen LogP contribution in [-0.4, -0.2) is 16.5 Å². The van der Waals surface area contributed by atoms with Gasteiger partial charge in [-0.1, -0.05) is 0 Å². The van der Waals surface area contributed by atoms with Gasteiger partial charge in [0.15, 0.2) is 0 Å². The molecule has 4 fully saturated rings. The number of fused-ring (bicyclic) bond motifs is 1. The van der Waals surface area contributed by atoms with Gasteiger partial charge in [0.05, 0.1) is 5.69 Å². The maximum atomic E-state index is 6.23. The average molecular weight is 298 g/mol. The minimum atomic E-state index is 0.498. The van der Waals surface area contributed by atoms with E-state index in [1.165, 1.54) is 44.1 Å². The molecule has 4 heteroatoms. The van der Waals surface area contributed by atoms with Gasteiger partial charge in [0.25, 0.3) is 0 Å². The van der Waals surface area contributed by atoms with E-state index in [-0.39, 0.29) is 0 Å². The minimum absolute atomic E-state index is 0.498. The zero-order chi connectivity index (χ0) is 14.7. The summed E-state index contributed by atoms with van der Waals surface area (Å²) in [7, 11) is 0. The lowest BCUT2D eigenvalue weighted by Crippen LogP contribution is -2.47. The van der Waals surface area contributed by atoms with Gasteiger partial charge < -0.3 is 11.1 Å². The Morgan fingerprint density at radius 2 is 1.73 bits per heavy atom. The summed E-state index contributed by atoms with van der Waals surface area (Å²) in [4.78, 5) is 9.60. The zero-order valence-electron chi connectivity index (χ0n) is 13.3. The first-order valence-electron chi connectivity index (χ1n) is 9.04. The molecule has 118 valence electrons. The highest BCUT2D eigenvalue weighted by molar-refractivity contribution is 5.43. The first kappa shape index (κ1) is 13.3. The summed E-state index contributed by atoms with van der Waals surface area (Å²) < 4.78 is 0. The summed E-state index contributed by atoms with van der Waals surface area (Å²) in [5.74, 6) is 4.72. The number of rotatable bonds is 2. The predicted octanol–water partition coefficient (Wildman–Crippen LogP) is 2.46. The van der Waals surface area contributed by atoms with Gasteiger partial charge in [-0.2, -0.15) is 0 Å². The van der Waals surface area contributed by atoms with Crippen LogP contribution in [0.25, 0.3) is 0 Å². The Kier molecular flexibility index (Phi) is 2.82. The van der Waals surface area contributed by atoms with Crippen LogP contribution in [-0.2, 0) is 19.4 Å². The third-order valence-corrected chi connectivity index (χ3v) is 6.71. The molecule has 22 heavy (non-hydrogen) atoms. The van der Waals surface area contributed by atoms with Gasteiger partial charge in [0, 0.05) is 18.5 Å². The van der Waals surface area contributed by atoms with Crippen molar-refractivity contribution in [3.05, 3.63) is 17.1 Å². The number of nitrogens with zero attached hydrogens (tertiary/aromatic N) is 2. The molecule has 0 atom stereocenters. The van der Waals surface area contributed by atoms with Crippen molar-refractivity contribution in [2.45, 2.75) is 57.9 Å². The maximum Gasteiger partial charge on any atom is 0.131 e. The lowest BCUT2D eigenvalue weighted by Gasteiger charge is -2.56. The van der Waals surface area contributed by atoms with Crippen LogP contribution < -0.4 is 11.1 Å². The molecule has 1 aromatic rings. The fourth-order valence-corrected chi connectivity index (χ4v) is 6.36. The molecule has 0 unspecified atom stereocenters. The second-order valence-corrected chi connectivity index (χ2v) is 8.47. The van der Waals surface area contributed by atoms with Crippen LogP contribution in [0.15, 0.2) is 0 Å². The third kappa shape index (κ3) is 2.07. The van der Waals surface area contributed by atoms with Crippen LogP contribution >= 0.6 is 0 Å². The Morgan fingerprint density at radius 3 is 2.41 bits per heavy atom. The quantitative estimate of drug-likeness (QED) is 0.880. The van der Waals surface area contributed by atoms with Crippen LogP contribution in [0.2, 0.25) is 0 Å². The maximum absolute atomic E-state index is 6.23. The molecule has 0 spiro atoms. The molecule has 2 heterocycles. The van der Waals surface area contributed by atoms with E-state index >= 15 is 0 Å². The summed E-state index contributed by atoms with van der Waals surface area (Å²) in [6.07, 6.45) is 10.8. The monoisotopic (exact) mass is 298 g/mol. The van der Waals surface area contributed by atoms with Crippen molar-refractivity contribution in [3.63, 3.8) is 0 Å². The van der Waals surface area contributed by atoms with E-state index in [2.05, 4.69) is 5.32 Å². The summed E-state index contributed by atoms with van der Waals surface area (Å²) in [5.41, 5.74) is 9.07. The molecule has 0 saturated heterocycles. The number of nitrogens with two attached hydrogens (primary N) is 1. The molecule has 1 aromatic heterocycles. The van der Waals surface area contributed by atoms with Crippen molar-refractivity contribution in [1.29, 1.82) is 0 Å². The number of hydrogen-bond donors (Lipinski definition) is 2. The van der Waals surface area contributed by atoms with E-state index in [1.807, 2.05) is 0 Å². The number of aromatic nitrogens is 2. The molecule has 0 amide bonds. The van der Waals surface area contributed by atoms with Crippen LogP contribution in [0.5, 0.6) is 0 Å². The van der Waals surface area contributed by atoms with Gasteiger partial charge >= 0.3 is 0 Å². The largest absolute Gasteiger partial charge is 0.383 e. The minimum Gasteiger partial charge on any atom is -0.383 e. The average Bonchev–Trinajstić information content (AvgIpc) is 2.45. The molecule has 0 aromatic carbocycles. The van der Waals surface area contributed by atoms with Crippen LogP contribution in [0.4, 0.5) is 5.82 Å². The second-order valence-electron chi connectivity index (χ2n) is 8.47. The van der Waals surface area contributed by atoms with Gasteiger partial charge in [-0.15, -0.1) is 0 Å². The van der Waals surface area contributed by atoms with Crippen LogP contribution in [0, 0.1) is 23.2 Å². The van der Waals surface area contributed by atoms with Gasteiger partial charge in [0.1, 0.15) is 11.6 Å².